The van der Waals surface area contributed by atoms with Gasteiger partial charge >= 0.3 is 0 Å². The van der Waals surface area contributed by atoms with Gasteiger partial charge in [-0.1, -0.05) is 11.8 Å². The summed E-state index contributed by atoms with van der Waals surface area (Å²) in [5.74, 6) is 0.935. The van der Waals surface area contributed by atoms with Gasteiger partial charge in [0.05, 0.1) is 24.9 Å². The van der Waals surface area contributed by atoms with Crippen LogP contribution in [-0.4, -0.2) is 65.8 Å². The predicted molar refractivity (Wildman–Crippen MR) is 97.2 cm³/mol. The second kappa shape index (κ2) is 7.55. The molecule has 0 unspecified atom stereocenters. The lowest BCUT2D eigenvalue weighted by Gasteiger charge is -2.20. The molecule has 0 radical (unpaired) electrons. The standard InChI is InChI=1S/C17H21N5O2S/c1-25-17-19-6-4-16(21-17)22-8-14-15(9-22)24-11-13(10-23-14)20-12-3-2-5-18-7-12/h2-7,13-15,20H,8-11H2,1H3/t14-,15-/m0/s1. The van der Waals surface area contributed by atoms with Gasteiger partial charge in [-0.3, -0.25) is 4.98 Å². The van der Waals surface area contributed by atoms with Gasteiger partial charge in [-0.05, 0) is 24.5 Å². The maximum atomic E-state index is 6.12. The van der Waals surface area contributed by atoms with E-state index in [-0.39, 0.29) is 18.2 Å². The van der Waals surface area contributed by atoms with E-state index in [1.165, 1.54) is 0 Å². The largest absolute Gasteiger partial charge is 0.376 e. The van der Waals surface area contributed by atoms with E-state index in [4.69, 9.17) is 9.47 Å². The molecule has 0 spiro atoms. The summed E-state index contributed by atoms with van der Waals surface area (Å²) in [4.78, 5) is 15.1. The zero-order valence-corrected chi connectivity index (χ0v) is 14.9. The van der Waals surface area contributed by atoms with Crippen molar-refractivity contribution in [3.63, 3.8) is 0 Å². The molecule has 0 aromatic carbocycles. The minimum absolute atomic E-state index is 0.0633. The molecule has 2 aromatic heterocycles. The summed E-state index contributed by atoms with van der Waals surface area (Å²) >= 11 is 1.55. The van der Waals surface area contributed by atoms with Crippen molar-refractivity contribution < 1.29 is 9.47 Å². The Bertz CT molecular complexity index is 688. The molecule has 4 rings (SSSR count). The fraction of sp³-hybridized carbons (Fsp3) is 0.471. The van der Waals surface area contributed by atoms with Crippen molar-refractivity contribution in [2.45, 2.75) is 23.4 Å². The maximum Gasteiger partial charge on any atom is 0.189 e. The van der Waals surface area contributed by atoms with Gasteiger partial charge in [0.1, 0.15) is 18.0 Å². The van der Waals surface area contributed by atoms with Gasteiger partial charge in [0.25, 0.3) is 0 Å². The number of fused-ring (bicyclic) bond motifs is 1. The molecule has 2 atom stereocenters. The van der Waals surface area contributed by atoms with E-state index in [2.05, 4.69) is 25.2 Å². The Morgan fingerprint density at radius 1 is 1.16 bits per heavy atom. The number of hydrogen-bond donors (Lipinski definition) is 1. The van der Waals surface area contributed by atoms with Crippen LogP contribution in [0.15, 0.2) is 41.9 Å². The first-order valence-corrected chi connectivity index (χ1v) is 9.56. The van der Waals surface area contributed by atoms with Crippen molar-refractivity contribution >= 4 is 23.3 Å². The van der Waals surface area contributed by atoms with Crippen molar-refractivity contribution in [2.24, 2.45) is 0 Å². The number of aromatic nitrogens is 3. The molecule has 2 aliphatic rings. The number of anilines is 2. The molecule has 1 N–H and O–H groups in total. The van der Waals surface area contributed by atoms with E-state index in [1.54, 1.807) is 24.2 Å². The number of nitrogens with zero attached hydrogens (tertiary/aromatic N) is 4. The Morgan fingerprint density at radius 2 is 1.96 bits per heavy atom. The summed E-state index contributed by atoms with van der Waals surface area (Å²) in [6.45, 7) is 2.80. The maximum absolute atomic E-state index is 6.12. The highest BCUT2D eigenvalue weighted by molar-refractivity contribution is 7.98. The van der Waals surface area contributed by atoms with Gasteiger partial charge in [0.2, 0.25) is 0 Å². The first kappa shape index (κ1) is 16.6. The summed E-state index contributed by atoms with van der Waals surface area (Å²) in [6, 6.07) is 5.99. The van der Waals surface area contributed by atoms with Crippen LogP contribution in [0.2, 0.25) is 0 Å². The Labute approximate surface area is 151 Å². The van der Waals surface area contributed by atoms with Crippen LogP contribution in [0.4, 0.5) is 11.5 Å². The fourth-order valence-electron chi connectivity index (χ4n) is 3.15. The number of hydrogen-bond acceptors (Lipinski definition) is 8. The first-order valence-electron chi connectivity index (χ1n) is 8.33. The van der Waals surface area contributed by atoms with E-state index in [0.717, 1.165) is 29.8 Å². The highest BCUT2D eigenvalue weighted by atomic mass is 32.2. The van der Waals surface area contributed by atoms with Gasteiger partial charge in [0.15, 0.2) is 5.16 Å². The van der Waals surface area contributed by atoms with Crippen molar-refractivity contribution in [3.05, 3.63) is 36.8 Å². The zero-order chi connectivity index (χ0) is 17.1. The molecule has 2 aromatic rings. The van der Waals surface area contributed by atoms with E-state index in [9.17, 15) is 0 Å². The van der Waals surface area contributed by atoms with E-state index in [1.807, 2.05) is 30.7 Å². The van der Waals surface area contributed by atoms with Crippen molar-refractivity contribution in [1.82, 2.24) is 15.0 Å². The number of rotatable bonds is 4. The molecule has 2 fully saturated rings. The number of pyridine rings is 1. The number of nitrogens with one attached hydrogen (secondary N) is 1. The Morgan fingerprint density at radius 3 is 2.64 bits per heavy atom. The molecule has 25 heavy (non-hydrogen) atoms. The predicted octanol–water partition coefficient (Wildman–Crippen LogP) is 1.68. The average Bonchev–Trinajstić information content (AvgIpc) is 2.99. The van der Waals surface area contributed by atoms with Gasteiger partial charge in [-0.15, -0.1) is 0 Å². The third kappa shape index (κ3) is 3.86. The lowest BCUT2D eigenvalue weighted by molar-refractivity contribution is -0.00461. The van der Waals surface area contributed by atoms with Crippen molar-refractivity contribution in [2.75, 3.05) is 42.8 Å². The second-order valence-corrected chi connectivity index (χ2v) is 6.91. The fourth-order valence-corrected chi connectivity index (χ4v) is 3.50. The topological polar surface area (TPSA) is 72.4 Å². The monoisotopic (exact) mass is 359 g/mol. The van der Waals surface area contributed by atoms with Crippen LogP contribution in [-0.2, 0) is 9.47 Å². The molecule has 0 amide bonds. The van der Waals surface area contributed by atoms with Crippen LogP contribution in [0, 0.1) is 0 Å². The highest BCUT2D eigenvalue weighted by Crippen LogP contribution is 2.25. The smallest absolute Gasteiger partial charge is 0.189 e. The van der Waals surface area contributed by atoms with Crippen LogP contribution in [0.5, 0.6) is 0 Å². The lowest BCUT2D eigenvalue weighted by Crippen LogP contribution is -2.31. The molecular weight excluding hydrogens is 338 g/mol. The number of thioether (sulfide) groups is 1. The van der Waals surface area contributed by atoms with Crippen LogP contribution in [0.3, 0.4) is 0 Å². The van der Waals surface area contributed by atoms with Crippen LogP contribution in [0.25, 0.3) is 0 Å². The van der Waals surface area contributed by atoms with E-state index >= 15 is 0 Å². The average molecular weight is 359 g/mol. The lowest BCUT2D eigenvalue weighted by atomic mass is 10.3. The molecule has 0 saturated carbocycles. The Balaban J connectivity index is 1.37. The van der Waals surface area contributed by atoms with Gasteiger partial charge in [-0.2, -0.15) is 0 Å². The normalized spacial score (nSPS) is 24.0. The minimum Gasteiger partial charge on any atom is -0.376 e. The van der Waals surface area contributed by atoms with Gasteiger partial charge < -0.3 is 19.7 Å². The molecule has 0 aliphatic carbocycles. The SMILES string of the molecule is CSc1nccc(N2C[C@@H]3OCC(Nc4cccnc4)CO[C@H]3C2)n1. The summed E-state index contributed by atoms with van der Waals surface area (Å²) in [5, 5.41) is 4.20. The van der Waals surface area contributed by atoms with Gasteiger partial charge in [0, 0.05) is 31.7 Å². The van der Waals surface area contributed by atoms with Crippen LogP contribution >= 0.6 is 11.8 Å². The summed E-state index contributed by atoms with van der Waals surface area (Å²) in [6.07, 6.45) is 7.49. The molecular formula is C17H21N5O2S. The highest BCUT2D eigenvalue weighted by Gasteiger charge is 2.38. The molecule has 132 valence electrons. The van der Waals surface area contributed by atoms with E-state index in [0.29, 0.717) is 13.2 Å². The first-order chi connectivity index (χ1) is 12.3. The Hall–Kier alpha value is -1.90. The van der Waals surface area contributed by atoms with Crippen LogP contribution < -0.4 is 10.2 Å². The minimum atomic E-state index is 0.0633. The third-order valence-electron chi connectivity index (χ3n) is 4.40. The quantitative estimate of drug-likeness (QED) is 0.653. The number of ether oxygens (including phenoxy) is 2. The zero-order valence-electron chi connectivity index (χ0n) is 14.0. The molecule has 7 nitrogen and oxygen atoms in total. The van der Waals surface area contributed by atoms with Crippen molar-refractivity contribution in [3.8, 4) is 0 Å². The molecule has 2 aliphatic heterocycles. The van der Waals surface area contributed by atoms with E-state index < -0.39 is 0 Å². The summed E-state index contributed by atoms with van der Waals surface area (Å²) in [7, 11) is 0. The van der Waals surface area contributed by atoms with Crippen molar-refractivity contribution in [1.29, 1.82) is 0 Å². The summed E-state index contributed by atoms with van der Waals surface area (Å²) in [5.41, 5.74) is 0.985. The van der Waals surface area contributed by atoms with Gasteiger partial charge in [-0.25, -0.2) is 9.97 Å². The molecule has 0 bridgehead atoms. The molecule has 8 heteroatoms. The Kier molecular flexibility index (Phi) is 5.00. The summed E-state index contributed by atoms with van der Waals surface area (Å²) < 4.78 is 12.2. The molecule has 4 heterocycles. The third-order valence-corrected chi connectivity index (χ3v) is 4.96. The second-order valence-electron chi connectivity index (χ2n) is 6.13. The molecule has 2 saturated heterocycles. The van der Waals surface area contributed by atoms with Crippen LogP contribution in [0.1, 0.15) is 0 Å².